The lowest BCUT2D eigenvalue weighted by atomic mass is 10.00. The molecular weight excluding hydrogens is 386 g/mol. The third-order valence-corrected chi connectivity index (χ3v) is 5.79. The fraction of sp³-hybridized carbons (Fsp3) is 0.364. The second-order valence-corrected chi connectivity index (χ2v) is 7.56. The van der Waals surface area contributed by atoms with Crippen LogP contribution >= 0.6 is 0 Å². The first-order chi connectivity index (χ1) is 14.5. The predicted molar refractivity (Wildman–Crippen MR) is 111 cm³/mol. The Bertz CT molecular complexity index is 983. The molecule has 156 valence electrons. The highest BCUT2D eigenvalue weighted by Crippen LogP contribution is 2.41. The molecule has 1 unspecified atom stereocenters. The fourth-order valence-corrected chi connectivity index (χ4v) is 4.22. The van der Waals surface area contributed by atoms with Gasteiger partial charge in [-0.25, -0.2) is 0 Å². The Morgan fingerprint density at radius 1 is 1.13 bits per heavy atom. The normalized spacial score (nSPS) is 18.3. The number of nitro groups is 1. The summed E-state index contributed by atoms with van der Waals surface area (Å²) in [6.07, 6.45) is 3.14. The summed E-state index contributed by atoms with van der Waals surface area (Å²) in [6, 6.07) is 10.7. The summed E-state index contributed by atoms with van der Waals surface area (Å²) in [4.78, 5) is 40.4. The molecule has 2 aliphatic rings. The maximum absolute atomic E-state index is 13.2. The first-order valence-corrected chi connectivity index (χ1v) is 10.0. The number of methoxy groups -OCH3 is 1. The van der Waals surface area contributed by atoms with E-state index in [1.54, 1.807) is 36.3 Å². The Morgan fingerprint density at radius 2 is 1.83 bits per heavy atom. The van der Waals surface area contributed by atoms with Crippen molar-refractivity contribution in [2.45, 2.75) is 31.7 Å². The van der Waals surface area contributed by atoms with Gasteiger partial charge in [0.15, 0.2) is 0 Å². The zero-order chi connectivity index (χ0) is 21.3. The highest BCUT2D eigenvalue weighted by atomic mass is 16.6. The SMILES string of the molecule is COc1ccc(N2C(=O)c3ccc([N+](=O)[O-])cc3C2CC(=O)N2CCCCC2)cc1. The van der Waals surface area contributed by atoms with Crippen molar-refractivity contribution in [2.75, 3.05) is 25.1 Å². The lowest BCUT2D eigenvalue weighted by Crippen LogP contribution is -2.38. The molecule has 0 N–H and O–H groups in total. The van der Waals surface area contributed by atoms with Crippen LogP contribution in [0.4, 0.5) is 11.4 Å². The number of nitro benzene ring substituents is 1. The Hall–Kier alpha value is -3.42. The van der Waals surface area contributed by atoms with E-state index in [9.17, 15) is 19.7 Å². The molecule has 2 aromatic carbocycles. The minimum atomic E-state index is -0.588. The summed E-state index contributed by atoms with van der Waals surface area (Å²) >= 11 is 0. The van der Waals surface area contributed by atoms with E-state index in [0.29, 0.717) is 35.7 Å². The molecule has 8 heteroatoms. The predicted octanol–water partition coefficient (Wildman–Crippen LogP) is 3.71. The average Bonchev–Trinajstić information content (AvgIpc) is 3.05. The van der Waals surface area contributed by atoms with Gasteiger partial charge >= 0.3 is 0 Å². The van der Waals surface area contributed by atoms with Crippen molar-refractivity contribution in [1.29, 1.82) is 0 Å². The number of benzene rings is 2. The fourth-order valence-electron chi connectivity index (χ4n) is 4.22. The molecule has 0 saturated carbocycles. The summed E-state index contributed by atoms with van der Waals surface area (Å²) in [7, 11) is 1.56. The minimum Gasteiger partial charge on any atom is -0.497 e. The van der Waals surface area contributed by atoms with Crippen LogP contribution in [0.1, 0.15) is 47.6 Å². The average molecular weight is 409 g/mol. The molecule has 0 radical (unpaired) electrons. The molecule has 1 fully saturated rings. The van der Waals surface area contributed by atoms with Gasteiger partial charge in [-0.05, 0) is 55.2 Å². The van der Waals surface area contributed by atoms with E-state index in [2.05, 4.69) is 0 Å². The number of likely N-dealkylation sites (tertiary alicyclic amines) is 1. The van der Waals surface area contributed by atoms with Gasteiger partial charge in [0.25, 0.3) is 11.6 Å². The van der Waals surface area contributed by atoms with Crippen LogP contribution < -0.4 is 9.64 Å². The van der Waals surface area contributed by atoms with E-state index in [1.807, 2.05) is 4.90 Å². The third-order valence-electron chi connectivity index (χ3n) is 5.79. The van der Waals surface area contributed by atoms with Crippen molar-refractivity contribution in [3.63, 3.8) is 0 Å². The number of non-ortho nitro benzene ring substituents is 1. The number of piperidine rings is 1. The van der Waals surface area contributed by atoms with E-state index in [-0.39, 0.29) is 23.9 Å². The Labute approximate surface area is 174 Å². The van der Waals surface area contributed by atoms with Gasteiger partial charge in [0.05, 0.1) is 24.5 Å². The van der Waals surface area contributed by atoms with Gasteiger partial charge in [0.1, 0.15) is 5.75 Å². The number of rotatable bonds is 5. The van der Waals surface area contributed by atoms with E-state index >= 15 is 0 Å². The van der Waals surface area contributed by atoms with Crippen molar-refractivity contribution in [3.8, 4) is 5.75 Å². The van der Waals surface area contributed by atoms with Gasteiger partial charge in [-0.3, -0.25) is 19.7 Å². The molecule has 2 amide bonds. The second kappa shape index (κ2) is 8.14. The largest absolute Gasteiger partial charge is 0.497 e. The van der Waals surface area contributed by atoms with Crippen molar-refractivity contribution in [1.82, 2.24) is 4.90 Å². The monoisotopic (exact) mass is 409 g/mol. The van der Waals surface area contributed by atoms with Crippen LogP contribution in [0.3, 0.4) is 0 Å². The van der Waals surface area contributed by atoms with Crippen LogP contribution in [0, 0.1) is 10.1 Å². The standard InChI is InChI=1S/C22H23N3O5/c1-30-17-8-5-15(6-9-17)24-20(14-21(26)23-11-3-2-4-12-23)19-13-16(25(28)29)7-10-18(19)22(24)27/h5-10,13,20H,2-4,11-12,14H2,1H3. The lowest BCUT2D eigenvalue weighted by Gasteiger charge is -2.30. The van der Waals surface area contributed by atoms with Crippen molar-refractivity contribution >= 4 is 23.2 Å². The molecular formula is C22H23N3O5. The maximum Gasteiger partial charge on any atom is 0.269 e. The number of ether oxygens (including phenoxy) is 1. The lowest BCUT2D eigenvalue weighted by molar-refractivity contribution is -0.384. The summed E-state index contributed by atoms with van der Waals surface area (Å²) in [5, 5.41) is 11.3. The molecule has 0 aromatic heterocycles. The topological polar surface area (TPSA) is 93.0 Å². The molecule has 4 rings (SSSR count). The molecule has 2 aromatic rings. The van der Waals surface area contributed by atoms with Crippen LogP contribution in [-0.2, 0) is 4.79 Å². The quantitative estimate of drug-likeness (QED) is 0.554. The summed E-state index contributed by atoms with van der Waals surface area (Å²) in [5.74, 6) is 0.353. The smallest absolute Gasteiger partial charge is 0.269 e. The number of anilines is 1. The van der Waals surface area contributed by atoms with Gasteiger partial charge in [0, 0.05) is 36.5 Å². The van der Waals surface area contributed by atoms with Gasteiger partial charge in [0.2, 0.25) is 5.91 Å². The number of carbonyl (C=O) groups is 2. The molecule has 8 nitrogen and oxygen atoms in total. The Balaban J connectivity index is 1.72. The Kier molecular flexibility index (Phi) is 5.39. The molecule has 1 atom stereocenters. The minimum absolute atomic E-state index is 0.0367. The van der Waals surface area contributed by atoms with Crippen molar-refractivity contribution in [3.05, 3.63) is 63.7 Å². The van der Waals surface area contributed by atoms with Crippen LogP contribution in [0.15, 0.2) is 42.5 Å². The number of nitrogens with zero attached hydrogens (tertiary/aromatic N) is 3. The molecule has 1 saturated heterocycles. The molecule has 0 aliphatic carbocycles. The number of amides is 2. The Morgan fingerprint density at radius 3 is 2.47 bits per heavy atom. The molecule has 2 heterocycles. The van der Waals surface area contributed by atoms with Crippen molar-refractivity contribution < 1.29 is 19.2 Å². The molecule has 0 bridgehead atoms. The number of hydrogen-bond acceptors (Lipinski definition) is 5. The van der Waals surface area contributed by atoms with Crippen LogP contribution in [0.2, 0.25) is 0 Å². The number of hydrogen-bond donors (Lipinski definition) is 0. The number of fused-ring (bicyclic) bond motifs is 1. The van der Waals surface area contributed by atoms with Crippen LogP contribution in [0.25, 0.3) is 0 Å². The first kappa shape index (κ1) is 19.9. The zero-order valence-corrected chi connectivity index (χ0v) is 16.7. The van der Waals surface area contributed by atoms with E-state index in [1.165, 1.54) is 18.2 Å². The van der Waals surface area contributed by atoms with Crippen LogP contribution in [0.5, 0.6) is 5.75 Å². The van der Waals surface area contributed by atoms with Gasteiger partial charge in [-0.2, -0.15) is 0 Å². The van der Waals surface area contributed by atoms with Crippen LogP contribution in [-0.4, -0.2) is 41.8 Å². The van der Waals surface area contributed by atoms with Gasteiger partial charge in [-0.15, -0.1) is 0 Å². The second-order valence-electron chi connectivity index (χ2n) is 7.56. The molecule has 30 heavy (non-hydrogen) atoms. The first-order valence-electron chi connectivity index (χ1n) is 10.0. The number of carbonyl (C=O) groups excluding carboxylic acids is 2. The zero-order valence-electron chi connectivity index (χ0n) is 16.7. The van der Waals surface area contributed by atoms with E-state index < -0.39 is 11.0 Å². The van der Waals surface area contributed by atoms with E-state index in [4.69, 9.17) is 4.74 Å². The summed E-state index contributed by atoms with van der Waals surface area (Å²) < 4.78 is 5.19. The van der Waals surface area contributed by atoms with Crippen molar-refractivity contribution in [2.24, 2.45) is 0 Å². The van der Waals surface area contributed by atoms with E-state index in [0.717, 1.165) is 19.3 Å². The highest BCUT2D eigenvalue weighted by Gasteiger charge is 2.40. The third kappa shape index (κ3) is 3.60. The summed E-state index contributed by atoms with van der Waals surface area (Å²) in [5.41, 5.74) is 1.45. The maximum atomic E-state index is 13.2. The molecule has 2 aliphatic heterocycles. The summed E-state index contributed by atoms with van der Waals surface area (Å²) in [6.45, 7) is 1.42. The van der Waals surface area contributed by atoms with Gasteiger partial charge in [-0.1, -0.05) is 0 Å². The highest BCUT2D eigenvalue weighted by molar-refractivity contribution is 6.11. The molecule has 0 spiro atoms. The van der Waals surface area contributed by atoms with Gasteiger partial charge < -0.3 is 14.5 Å².